The van der Waals surface area contributed by atoms with E-state index in [1.54, 1.807) is 45.6 Å². The molecule has 0 saturated heterocycles. The number of methoxy groups -OCH3 is 2. The largest absolute Gasteiger partial charge is 0.493 e. The second kappa shape index (κ2) is 10.4. The Morgan fingerprint density at radius 1 is 1.11 bits per heavy atom. The number of hydrogen-bond donors (Lipinski definition) is 0. The third kappa shape index (κ3) is 4.81. The van der Waals surface area contributed by atoms with Gasteiger partial charge >= 0.3 is 5.97 Å². The molecule has 0 bridgehead atoms. The molecule has 10 heteroatoms. The fourth-order valence-electron chi connectivity index (χ4n) is 4.53. The van der Waals surface area contributed by atoms with Crippen molar-refractivity contribution in [2.75, 3.05) is 27.4 Å². The van der Waals surface area contributed by atoms with Gasteiger partial charge in [-0.1, -0.05) is 0 Å². The molecule has 2 aromatic rings. The van der Waals surface area contributed by atoms with Crippen LogP contribution in [0.15, 0.2) is 27.9 Å². The normalized spacial score (nSPS) is 18.0. The number of carbonyl (C=O) groups excluding carboxylic acids is 1. The molecule has 196 valence electrons. The molecule has 1 saturated carbocycles. The summed E-state index contributed by atoms with van der Waals surface area (Å²) in [6.07, 6.45) is 1.78. The third-order valence-corrected chi connectivity index (χ3v) is 8.55. The zero-order valence-corrected chi connectivity index (χ0v) is 22.1. The van der Waals surface area contributed by atoms with Crippen molar-refractivity contribution in [3.05, 3.63) is 45.2 Å². The third-order valence-electron chi connectivity index (χ3n) is 6.42. The van der Waals surface area contributed by atoms with Crippen LogP contribution in [0.4, 0.5) is 0 Å². The van der Waals surface area contributed by atoms with Crippen molar-refractivity contribution in [2.45, 2.75) is 68.9 Å². The second-order valence-electron chi connectivity index (χ2n) is 9.49. The molecule has 1 aromatic carbocycles. The van der Waals surface area contributed by atoms with Crippen molar-refractivity contribution in [3.8, 4) is 17.0 Å². The first-order chi connectivity index (χ1) is 17.1. The van der Waals surface area contributed by atoms with Crippen LogP contribution in [0, 0.1) is 0 Å². The maximum Gasteiger partial charge on any atom is 0.344 e. The molecule has 1 unspecified atom stereocenters. The minimum atomic E-state index is -3.84. The van der Waals surface area contributed by atoms with Crippen molar-refractivity contribution in [1.29, 1.82) is 0 Å². The average Bonchev–Trinajstić information content (AvgIpc) is 3.65. The quantitative estimate of drug-likeness (QED) is 0.344. The van der Waals surface area contributed by atoms with E-state index in [1.807, 2.05) is 0 Å². The summed E-state index contributed by atoms with van der Waals surface area (Å²) >= 11 is 0. The van der Waals surface area contributed by atoms with E-state index >= 15 is 0 Å². The zero-order chi connectivity index (χ0) is 26.2. The Balaban J connectivity index is 1.95. The van der Waals surface area contributed by atoms with Gasteiger partial charge in [-0.2, -0.15) is 0 Å². The molecule has 4 rings (SSSR count). The van der Waals surface area contributed by atoms with Gasteiger partial charge < -0.3 is 23.5 Å². The number of esters is 1. The van der Waals surface area contributed by atoms with Crippen molar-refractivity contribution in [3.63, 3.8) is 0 Å². The number of carbonyl (C=O) groups is 1. The smallest absolute Gasteiger partial charge is 0.344 e. The van der Waals surface area contributed by atoms with Crippen LogP contribution in [-0.4, -0.2) is 52.5 Å². The van der Waals surface area contributed by atoms with Gasteiger partial charge in [0.15, 0.2) is 9.84 Å². The van der Waals surface area contributed by atoms with Crippen LogP contribution in [-0.2, 0) is 30.7 Å². The first kappa shape index (κ1) is 26.4. The SMILES string of the molecule is COCCCOc1cc2c(cc1COC)-c1c(cc(C(=O)OC(C)C)c(=O)n1C1CC1)C(C)S2(=O)=O. The Hall–Kier alpha value is -2.69. The summed E-state index contributed by atoms with van der Waals surface area (Å²) in [4.78, 5) is 26.4. The number of pyridine rings is 1. The first-order valence-electron chi connectivity index (χ1n) is 12.1. The minimum absolute atomic E-state index is 0.102. The summed E-state index contributed by atoms with van der Waals surface area (Å²) in [5.74, 6) is -0.328. The molecule has 0 radical (unpaired) electrons. The number of rotatable bonds is 10. The summed E-state index contributed by atoms with van der Waals surface area (Å²) in [5, 5.41) is -0.967. The van der Waals surface area contributed by atoms with E-state index in [1.165, 1.54) is 12.1 Å². The van der Waals surface area contributed by atoms with E-state index in [2.05, 4.69) is 0 Å². The maximum atomic E-state index is 13.7. The van der Waals surface area contributed by atoms with E-state index in [0.29, 0.717) is 47.8 Å². The highest BCUT2D eigenvalue weighted by atomic mass is 32.2. The molecule has 2 aliphatic rings. The number of benzene rings is 1. The van der Waals surface area contributed by atoms with Gasteiger partial charge in [-0.3, -0.25) is 4.79 Å². The lowest BCUT2D eigenvalue weighted by molar-refractivity contribution is 0.0375. The molecule has 0 spiro atoms. The summed E-state index contributed by atoms with van der Waals surface area (Å²) < 4.78 is 50.6. The van der Waals surface area contributed by atoms with Gasteiger partial charge in [0, 0.05) is 44.4 Å². The van der Waals surface area contributed by atoms with E-state index in [0.717, 1.165) is 12.8 Å². The van der Waals surface area contributed by atoms with Crippen LogP contribution >= 0.6 is 0 Å². The Labute approximate surface area is 211 Å². The van der Waals surface area contributed by atoms with Crippen LogP contribution in [0.2, 0.25) is 0 Å². The predicted molar refractivity (Wildman–Crippen MR) is 133 cm³/mol. The number of nitrogens with zero attached hydrogens (tertiary/aromatic N) is 1. The first-order valence-corrected chi connectivity index (χ1v) is 13.7. The van der Waals surface area contributed by atoms with Crippen LogP contribution in [0.1, 0.15) is 72.8 Å². The van der Waals surface area contributed by atoms with E-state index in [-0.39, 0.29) is 23.1 Å². The van der Waals surface area contributed by atoms with Crippen molar-refractivity contribution < 1.29 is 32.2 Å². The molecule has 1 aromatic heterocycles. The average molecular weight is 520 g/mol. The van der Waals surface area contributed by atoms with E-state index in [4.69, 9.17) is 18.9 Å². The lowest BCUT2D eigenvalue weighted by Crippen LogP contribution is -2.33. The monoisotopic (exact) mass is 519 g/mol. The van der Waals surface area contributed by atoms with Crippen LogP contribution in [0.5, 0.6) is 5.75 Å². The van der Waals surface area contributed by atoms with Gasteiger partial charge in [0.1, 0.15) is 11.3 Å². The number of sulfone groups is 1. The minimum Gasteiger partial charge on any atom is -0.493 e. The summed E-state index contributed by atoms with van der Waals surface area (Å²) in [6.45, 7) is 6.05. The molecule has 1 atom stereocenters. The molecular formula is C26H33NO8S. The Morgan fingerprint density at radius 2 is 1.83 bits per heavy atom. The number of aromatic nitrogens is 1. The molecule has 0 amide bonds. The second-order valence-corrected chi connectivity index (χ2v) is 11.7. The standard InChI is InChI=1S/C26H33NO8S/c1-15(2)35-26(29)21-12-19-16(3)36(30,31)23-13-22(34-10-6-9-32-4)17(14-33-5)11-20(23)24(19)27(25(21)28)18-7-8-18/h11-13,15-16,18H,6-10,14H2,1-5H3. The summed E-state index contributed by atoms with van der Waals surface area (Å²) in [6, 6.07) is 4.57. The molecular weight excluding hydrogens is 486 g/mol. The topological polar surface area (TPSA) is 110 Å². The van der Waals surface area contributed by atoms with Crippen LogP contribution < -0.4 is 10.3 Å². The van der Waals surface area contributed by atoms with Gasteiger partial charge in [-0.05, 0) is 57.4 Å². The van der Waals surface area contributed by atoms with Gasteiger partial charge in [0.25, 0.3) is 5.56 Å². The predicted octanol–water partition coefficient (Wildman–Crippen LogP) is 3.83. The molecule has 1 aliphatic carbocycles. The highest BCUT2D eigenvalue weighted by molar-refractivity contribution is 7.92. The van der Waals surface area contributed by atoms with Gasteiger partial charge in [-0.15, -0.1) is 0 Å². The number of fused-ring (bicyclic) bond motifs is 3. The highest BCUT2D eigenvalue weighted by Gasteiger charge is 2.41. The summed E-state index contributed by atoms with van der Waals surface area (Å²) in [7, 11) is -0.683. The maximum absolute atomic E-state index is 13.7. The molecule has 1 fully saturated rings. The zero-order valence-electron chi connectivity index (χ0n) is 21.3. The lowest BCUT2D eigenvalue weighted by Gasteiger charge is -2.30. The number of hydrogen-bond acceptors (Lipinski definition) is 8. The van der Waals surface area contributed by atoms with Gasteiger partial charge in [0.05, 0.1) is 35.2 Å². The molecule has 1 aliphatic heterocycles. The lowest BCUT2D eigenvalue weighted by atomic mass is 9.98. The Kier molecular flexibility index (Phi) is 7.59. The van der Waals surface area contributed by atoms with Crippen molar-refractivity contribution in [1.82, 2.24) is 4.57 Å². The molecule has 0 N–H and O–H groups in total. The molecule has 9 nitrogen and oxygen atoms in total. The molecule has 2 heterocycles. The number of ether oxygens (including phenoxy) is 4. The highest BCUT2D eigenvalue weighted by Crippen LogP contribution is 2.49. The van der Waals surface area contributed by atoms with Crippen molar-refractivity contribution in [2.24, 2.45) is 0 Å². The van der Waals surface area contributed by atoms with E-state index in [9.17, 15) is 18.0 Å². The van der Waals surface area contributed by atoms with E-state index < -0.39 is 32.7 Å². The molecule has 36 heavy (non-hydrogen) atoms. The van der Waals surface area contributed by atoms with Crippen molar-refractivity contribution >= 4 is 15.8 Å². The summed E-state index contributed by atoms with van der Waals surface area (Å²) in [5.41, 5.74) is 1.43. The Morgan fingerprint density at radius 3 is 2.44 bits per heavy atom. The van der Waals surface area contributed by atoms with Crippen LogP contribution in [0.3, 0.4) is 0 Å². The van der Waals surface area contributed by atoms with Gasteiger partial charge in [-0.25, -0.2) is 13.2 Å². The van der Waals surface area contributed by atoms with Gasteiger partial charge in [0.2, 0.25) is 0 Å². The fraction of sp³-hybridized carbons (Fsp3) is 0.538. The van der Waals surface area contributed by atoms with Crippen LogP contribution in [0.25, 0.3) is 11.3 Å². The fourth-order valence-corrected chi connectivity index (χ4v) is 6.16. The Bertz CT molecular complexity index is 1320.